The molecule has 0 spiro atoms. The molecule has 7 nitrogen and oxygen atoms in total. The number of benzene rings is 4. The lowest BCUT2D eigenvalue weighted by molar-refractivity contribution is -0.137. The van der Waals surface area contributed by atoms with Crippen molar-refractivity contribution in [2.45, 2.75) is 18.0 Å². The third-order valence-electron chi connectivity index (χ3n) is 6.20. The van der Waals surface area contributed by atoms with Crippen molar-refractivity contribution < 1.29 is 40.1 Å². The summed E-state index contributed by atoms with van der Waals surface area (Å²) in [7, 11) is -4.16. The number of oxazole rings is 1. The van der Waals surface area contributed by atoms with Crippen LogP contribution in [0.2, 0.25) is 0 Å². The van der Waals surface area contributed by atoms with Gasteiger partial charge in [-0.2, -0.15) is 21.6 Å². The zero-order valence-corrected chi connectivity index (χ0v) is 22.0. The zero-order chi connectivity index (χ0) is 29.4. The van der Waals surface area contributed by atoms with E-state index in [0.717, 1.165) is 41.0 Å². The fraction of sp³-hybridized carbons (Fsp3) is 0.0667. The minimum absolute atomic E-state index is 0.0439. The minimum Gasteiger partial charge on any atom is -0.478 e. The van der Waals surface area contributed by atoms with E-state index in [1.54, 1.807) is 19.1 Å². The monoisotopic (exact) mass is 579 g/mol. The lowest BCUT2D eigenvalue weighted by atomic mass is 10.0. The van der Waals surface area contributed by atoms with Gasteiger partial charge in [0.2, 0.25) is 5.89 Å². The fourth-order valence-corrected chi connectivity index (χ4v) is 4.98. The topological polar surface area (TPSA) is 107 Å². The highest BCUT2D eigenvalue weighted by atomic mass is 32.2. The summed E-state index contributed by atoms with van der Waals surface area (Å²) >= 11 is 0. The van der Waals surface area contributed by atoms with E-state index in [2.05, 4.69) is 4.98 Å². The summed E-state index contributed by atoms with van der Waals surface area (Å²) in [6.45, 7) is 1.72. The molecule has 0 bridgehead atoms. The van der Waals surface area contributed by atoms with Gasteiger partial charge in [-0.25, -0.2) is 9.78 Å². The Morgan fingerprint density at radius 2 is 1.29 bits per heavy atom. The molecule has 1 heterocycles. The van der Waals surface area contributed by atoms with Crippen molar-refractivity contribution in [3.05, 3.63) is 114 Å². The van der Waals surface area contributed by atoms with E-state index in [0.29, 0.717) is 17.0 Å². The highest BCUT2D eigenvalue weighted by molar-refractivity contribution is 7.87. The third kappa shape index (κ3) is 5.99. The van der Waals surface area contributed by atoms with E-state index in [4.69, 9.17) is 13.7 Å². The average Bonchev–Trinajstić information content (AvgIpc) is 3.34. The molecule has 1 aromatic heterocycles. The summed E-state index contributed by atoms with van der Waals surface area (Å²) in [6.07, 6.45) is -4.43. The third-order valence-corrected chi connectivity index (χ3v) is 7.46. The lowest BCUT2D eigenvalue weighted by Crippen LogP contribution is -2.10. The van der Waals surface area contributed by atoms with Gasteiger partial charge in [0.15, 0.2) is 0 Å². The van der Waals surface area contributed by atoms with Crippen molar-refractivity contribution in [3.63, 3.8) is 0 Å². The van der Waals surface area contributed by atoms with Gasteiger partial charge in [-0.15, -0.1) is 0 Å². The first-order valence-electron chi connectivity index (χ1n) is 12.0. The Morgan fingerprint density at radius 3 is 1.83 bits per heavy atom. The molecule has 0 unspecified atom stereocenters. The van der Waals surface area contributed by atoms with Crippen LogP contribution in [0.4, 0.5) is 13.2 Å². The van der Waals surface area contributed by atoms with Crippen molar-refractivity contribution >= 4 is 16.1 Å². The lowest BCUT2D eigenvalue weighted by Gasteiger charge is -2.09. The molecule has 0 fully saturated rings. The predicted octanol–water partition coefficient (Wildman–Crippen LogP) is 7.47. The molecule has 4 aromatic carbocycles. The SMILES string of the molecule is Cc1oc(-c2ccc(C(F)(F)F)cc2)nc1-c1ccc(-c2ccc(OS(=O)(=O)c3ccc(C(=O)O)cc3)cc2)cc1. The molecule has 0 radical (unpaired) electrons. The molecule has 208 valence electrons. The summed E-state index contributed by atoms with van der Waals surface area (Å²) in [5.74, 6) is -0.370. The first kappa shape index (κ1) is 27.7. The Labute approximate surface area is 232 Å². The van der Waals surface area contributed by atoms with E-state index in [9.17, 15) is 26.4 Å². The highest BCUT2D eigenvalue weighted by Crippen LogP contribution is 2.33. The van der Waals surface area contributed by atoms with E-state index < -0.39 is 27.8 Å². The van der Waals surface area contributed by atoms with Crippen LogP contribution in [0.15, 0.2) is 106 Å². The van der Waals surface area contributed by atoms with Crippen LogP contribution in [0.25, 0.3) is 33.8 Å². The normalized spacial score (nSPS) is 11.8. The number of alkyl halides is 3. The Balaban J connectivity index is 1.30. The molecule has 11 heteroatoms. The van der Waals surface area contributed by atoms with Crippen LogP contribution in [0.1, 0.15) is 21.7 Å². The molecule has 0 aliphatic heterocycles. The first-order valence-corrected chi connectivity index (χ1v) is 13.5. The first-order chi connectivity index (χ1) is 19.4. The second-order valence-corrected chi connectivity index (χ2v) is 10.5. The molecule has 0 atom stereocenters. The number of halogens is 3. The fourth-order valence-electron chi connectivity index (χ4n) is 4.05. The van der Waals surface area contributed by atoms with Crippen molar-refractivity contribution in [2.24, 2.45) is 0 Å². The number of nitrogens with zero attached hydrogens (tertiary/aromatic N) is 1. The second-order valence-electron chi connectivity index (χ2n) is 8.97. The van der Waals surface area contributed by atoms with Crippen LogP contribution in [-0.2, 0) is 16.3 Å². The van der Waals surface area contributed by atoms with Crippen LogP contribution < -0.4 is 4.18 Å². The van der Waals surface area contributed by atoms with Gasteiger partial charge in [0.25, 0.3) is 0 Å². The van der Waals surface area contributed by atoms with Gasteiger partial charge in [-0.05, 0) is 78.7 Å². The zero-order valence-electron chi connectivity index (χ0n) is 21.2. The number of carboxylic acids is 1. The number of aromatic carboxylic acids is 1. The molecule has 0 aliphatic rings. The van der Waals surface area contributed by atoms with Gasteiger partial charge >= 0.3 is 22.3 Å². The summed E-state index contributed by atoms with van der Waals surface area (Å²) in [6, 6.07) is 23.0. The maximum Gasteiger partial charge on any atom is 0.416 e. The van der Waals surface area contributed by atoms with Crippen molar-refractivity contribution in [2.75, 3.05) is 0 Å². The summed E-state index contributed by atoms with van der Waals surface area (Å²) < 4.78 is 74.6. The smallest absolute Gasteiger partial charge is 0.416 e. The molecule has 1 N–H and O–H groups in total. The number of hydrogen-bond acceptors (Lipinski definition) is 6. The van der Waals surface area contributed by atoms with E-state index in [-0.39, 0.29) is 22.1 Å². The Hall–Kier alpha value is -4.90. The maximum absolute atomic E-state index is 12.9. The molecule has 0 saturated heterocycles. The molecule has 0 saturated carbocycles. The summed E-state index contributed by atoms with van der Waals surface area (Å²) in [5, 5.41) is 8.97. The number of carboxylic acid groups (broad SMARTS) is 1. The molecular formula is C30H20F3NO6S. The average molecular weight is 580 g/mol. The van der Waals surface area contributed by atoms with Crippen LogP contribution in [0.5, 0.6) is 5.75 Å². The van der Waals surface area contributed by atoms with Gasteiger partial charge < -0.3 is 13.7 Å². The molecule has 0 amide bonds. The van der Waals surface area contributed by atoms with E-state index in [1.807, 2.05) is 24.3 Å². The Kier molecular flexibility index (Phi) is 7.14. The summed E-state index contributed by atoms with van der Waals surface area (Å²) in [5.41, 5.74) is 2.54. The van der Waals surface area contributed by atoms with Gasteiger partial charge in [0.05, 0.1) is 11.1 Å². The molecule has 5 rings (SSSR count). The van der Waals surface area contributed by atoms with Gasteiger partial charge in [-0.1, -0.05) is 36.4 Å². The number of hydrogen-bond donors (Lipinski definition) is 1. The number of rotatable bonds is 7. The minimum atomic E-state index is -4.43. The molecule has 41 heavy (non-hydrogen) atoms. The Morgan fingerprint density at radius 1 is 0.780 bits per heavy atom. The van der Waals surface area contributed by atoms with Crippen LogP contribution >= 0.6 is 0 Å². The standard InChI is InChI=1S/C30H20F3NO6S/c1-18-27(34-28(39-18)22-6-12-24(13-7-22)30(31,32)33)21-4-2-19(3-5-21)20-8-14-25(15-9-20)40-41(37,38)26-16-10-23(11-17-26)29(35)36/h2-17H,1H3,(H,35,36). The Bertz CT molecular complexity index is 1810. The number of aromatic nitrogens is 1. The van der Waals surface area contributed by atoms with E-state index in [1.165, 1.54) is 36.4 Å². The maximum atomic E-state index is 12.9. The van der Waals surface area contributed by atoms with Crippen molar-refractivity contribution in [1.82, 2.24) is 4.98 Å². The molecular weight excluding hydrogens is 559 g/mol. The van der Waals surface area contributed by atoms with Gasteiger partial charge in [-0.3, -0.25) is 0 Å². The number of aryl methyl sites for hydroxylation is 1. The highest BCUT2D eigenvalue weighted by Gasteiger charge is 2.30. The quantitative estimate of drug-likeness (QED) is 0.199. The van der Waals surface area contributed by atoms with Crippen LogP contribution in [-0.4, -0.2) is 24.5 Å². The summed E-state index contributed by atoms with van der Waals surface area (Å²) in [4.78, 5) is 15.3. The van der Waals surface area contributed by atoms with Gasteiger partial charge in [0.1, 0.15) is 22.1 Å². The van der Waals surface area contributed by atoms with E-state index >= 15 is 0 Å². The van der Waals surface area contributed by atoms with Gasteiger partial charge in [0, 0.05) is 11.1 Å². The van der Waals surface area contributed by atoms with Crippen LogP contribution in [0, 0.1) is 6.92 Å². The number of carbonyl (C=O) groups is 1. The van der Waals surface area contributed by atoms with Crippen molar-refractivity contribution in [1.29, 1.82) is 0 Å². The second kappa shape index (κ2) is 10.6. The van der Waals surface area contributed by atoms with Crippen LogP contribution in [0.3, 0.4) is 0 Å². The van der Waals surface area contributed by atoms with Crippen molar-refractivity contribution in [3.8, 4) is 39.6 Å². The largest absolute Gasteiger partial charge is 0.478 e. The molecule has 0 aliphatic carbocycles. The molecule has 5 aromatic rings. The predicted molar refractivity (Wildman–Crippen MR) is 144 cm³/mol.